The third kappa shape index (κ3) is 3.30. The van der Waals surface area contributed by atoms with Crippen LogP contribution in [0.3, 0.4) is 0 Å². The molecule has 0 atom stereocenters. The van der Waals surface area contributed by atoms with Crippen molar-refractivity contribution in [3.8, 4) is 5.69 Å². The van der Waals surface area contributed by atoms with Gasteiger partial charge in [-0.1, -0.05) is 12.1 Å². The molecular formula is C17H13FN4O2. The number of halogens is 1. The molecule has 0 aliphatic carbocycles. The Hall–Kier alpha value is -3.48. The molecular weight excluding hydrogens is 311 g/mol. The van der Waals surface area contributed by atoms with Gasteiger partial charge >= 0.3 is 0 Å². The van der Waals surface area contributed by atoms with Gasteiger partial charge in [0.15, 0.2) is 5.69 Å². The topological polar surface area (TPSA) is 90.0 Å². The lowest BCUT2D eigenvalue weighted by atomic mass is 10.2. The Morgan fingerprint density at radius 3 is 2.62 bits per heavy atom. The lowest BCUT2D eigenvalue weighted by molar-refractivity contribution is 0.0995. The first-order valence-corrected chi connectivity index (χ1v) is 7.06. The monoisotopic (exact) mass is 324 g/mol. The highest BCUT2D eigenvalue weighted by Gasteiger charge is 2.11. The number of benzene rings is 2. The van der Waals surface area contributed by atoms with Gasteiger partial charge in [0, 0.05) is 17.4 Å². The smallest absolute Gasteiger partial charge is 0.276 e. The molecule has 0 fully saturated rings. The van der Waals surface area contributed by atoms with E-state index in [1.165, 1.54) is 28.9 Å². The second-order valence-corrected chi connectivity index (χ2v) is 5.02. The molecule has 3 aromatic rings. The normalized spacial score (nSPS) is 10.4. The van der Waals surface area contributed by atoms with Gasteiger partial charge in [0.1, 0.15) is 5.82 Å². The predicted octanol–water partition coefficient (Wildman–Crippen LogP) is 2.36. The Morgan fingerprint density at radius 1 is 1.08 bits per heavy atom. The number of primary amides is 1. The van der Waals surface area contributed by atoms with Crippen molar-refractivity contribution in [1.82, 2.24) is 9.78 Å². The molecule has 1 heterocycles. The zero-order chi connectivity index (χ0) is 17.1. The molecule has 24 heavy (non-hydrogen) atoms. The van der Waals surface area contributed by atoms with Crippen LogP contribution in [0, 0.1) is 5.82 Å². The number of hydrogen-bond donors (Lipinski definition) is 2. The van der Waals surface area contributed by atoms with E-state index in [0.29, 0.717) is 11.4 Å². The highest BCUT2D eigenvalue weighted by Crippen LogP contribution is 2.13. The highest BCUT2D eigenvalue weighted by atomic mass is 19.1. The van der Waals surface area contributed by atoms with E-state index in [4.69, 9.17) is 5.73 Å². The fourth-order valence-corrected chi connectivity index (χ4v) is 2.15. The van der Waals surface area contributed by atoms with E-state index in [2.05, 4.69) is 10.4 Å². The van der Waals surface area contributed by atoms with Crippen LogP contribution in [0.15, 0.2) is 60.8 Å². The molecule has 2 aromatic carbocycles. The number of rotatable bonds is 4. The number of nitrogens with two attached hydrogens (primary N) is 1. The number of nitrogens with one attached hydrogen (secondary N) is 1. The van der Waals surface area contributed by atoms with E-state index in [0.717, 1.165) is 0 Å². The molecule has 0 bridgehead atoms. The largest absolute Gasteiger partial charge is 0.366 e. The van der Waals surface area contributed by atoms with Crippen molar-refractivity contribution in [2.24, 2.45) is 5.73 Å². The lowest BCUT2D eigenvalue weighted by Gasteiger charge is -2.05. The zero-order valence-corrected chi connectivity index (χ0v) is 12.4. The van der Waals surface area contributed by atoms with Gasteiger partial charge in [-0.3, -0.25) is 9.59 Å². The average Bonchev–Trinajstić information content (AvgIpc) is 3.05. The molecule has 6 nitrogen and oxygen atoms in total. The number of nitrogens with zero attached hydrogens (tertiary/aromatic N) is 2. The molecule has 1 aromatic heterocycles. The van der Waals surface area contributed by atoms with Gasteiger partial charge < -0.3 is 11.1 Å². The van der Waals surface area contributed by atoms with Crippen LogP contribution in [0.2, 0.25) is 0 Å². The first-order chi connectivity index (χ1) is 11.5. The molecule has 0 saturated carbocycles. The van der Waals surface area contributed by atoms with E-state index in [9.17, 15) is 14.0 Å². The van der Waals surface area contributed by atoms with Gasteiger partial charge in [-0.2, -0.15) is 5.10 Å². The van der Waals surface area contributed by atoms with Gasteiger partial charge in [0.2, 0.25) is 5.91 Å². The molecule has 7 heteroatoms. The summed E-state index contributed by atoms with van der Waals surface area (Å²) in [6, 6.07) is 13.7. The van der Waals surface area contributed by atoms with Crippen LogP contribution >= 0.6 is 0 Å². The minimum Gasteiger partial charge on any atom is -0.366 e. The van der Waals surface area contributed by atoms with Crippen molar-refractivity contribution in [1.29, 1.82) is 0 Å². The average molecular weight is 324 g/mol. The molecule has 0 spiro atoms. The van der Waals surface area contributed by atoms with Crippen LogP contribution in [-0.2, 0) is 0 Å². The molecule has 0 radical (unpaired) electrons. The number of carbonyl (C=O) groups is 2. The van der Waals surface area contributed by atoms with Crippen molar-refractivity contribution in [2.45, 2.75) is 0 Å². The second-order valence-electron chi connectivity index (χ2n) is 5.02. The zero-order valence-electron chi connectivity index (χ0n) is 12.4. The maximum Gasteiger partial charge on any atom is 0.276 e. The first-order valence-electron chi connectivity index (χ1n) is 7.06. The summed E-state index contributed by atoms with van der Waals surface area (Å²) < 4.78 is 14.7. The molecule has 0 aliphatic rings. The number of aromatic nitrogens is 2. The summed E-state index contributed by atoms with van der Waals surface area (Å²) in [5, 5.41) is 6.75. The van der Waals surface area contributed by atoms with E-state index in [-0.39, 0.29) is 11.3 Å². The highest BCUT2D eigenvalue weighted by molar-refractivity contribution is 6.03. The summed E-state index contributed by atoms with van der Waals surface area (Å²) >= 11 is 0. The van der Waals surface area contributed by atoms with Crippen LogP contribution < -0.4 is 11.1 Å². The van der Waals surface area contributed by atoms with E-state index in [1.54, 1.807) is 36.5 Å². The summed E-state index contributed by atoms with van der Waals surface area (Å²) in [4.78, 5) is 23.4. The minimum atomic E-state index is -0.582. The summed E-state index contributed by atoms with van der Waals surface area (Å²) in [5.41, 5.74) is 6.58. The first kappa shape index (κ1) is 15.4. The number of amides is 2. The minimum absolute atomic E-state index is 0.156. The van der Waals surface area contributed by atoms with Gasteiger partial charge in [-0.25, -0.2) is 9.07 Å². The third-order valence-electron chi connectivity index (χ3n) is 3.30. The van der Waals surface area contributed by atoms with E-state index in [1.807, 2.05) is 0 Å². The summed E-state index contributed by atoms with van der Waals surface area (Å²) in [7, 11) is 0. The molecule has 120 valence electrons. The number of carbonyl (C=O) groups excluding carboxylic acids is 2. The maximum atomic E-state index is 13.3. The Kier molecular flexibility index (Phi) is 4.07. The van der Waals surface area contributed by atoms with Gasteiger partial charge in [0.05, 0.1) is 5.69 Å². The van der Waals surface area contributed by atoms with Crippen LogP contribution in [0.5, 0.6) is 0 Å². The summed E-state index contributed by atoms with van der Waals surface area (Å²) in [5.74, 6) is -1.43. The SMILES string of the molecule is NC(=O)c1cccc(NC(=O)c2ccn(-c3cccc(F)c3)n2)c1. The van der Waals surface area contributed by atoms with Gasteiger partial charge in [-0.05, 0) is 42.5 Å². The predicted molar refractivity (Wildman–Crippen MR) is 86.4 cm³/mol. The lowest BCUT2D eigenvalue weighted by Crippen LogP contribution is -2.15. The Bertz CT molecular complexity index is 920. The third-order valence-corrected chi connectivity index (χ3v) is 3.30. The van der Waals surface area contributed by atoms with E-state index >= 15 is 0 Å². The van der Waals surface area contributed by atoms with Crippen LogP contribution in [-0.4, -0.2) is 21.6 Å². The fraction of sp³-hybridized carbons (Fsp3) is 0. The quantitative estimate of drug-likeness (QED) is 0.772. The van der Waals surface area contributed by atoms with E-state index < -0.39 is 17.6 Å². The molecule has 0 saturated heterocycles. The summed E-state index contributed by atoms with van der Waals surface area (Å²) in [6.07, 6.45) is 1.56. The van der Waals surface area contributed by atoms with Crippen LogP contribution in [0.25, 0.3) is 5.69 Å². The molecule has 3 N–H and O–H groups in total. The standard InChI is InChI=1S/C17H13FN4O2/c18-12-4-2-6-14(10-12)22-8-7-15(21-22)17(24)20-13-5-1-3-11(9-13)16(19)23/h1-10H,(H2,19,23)(H,20,24). The molecule has 0 aliphatic heterocycles. The fourth-order valence-electron chi connectivity index (χ4n) is 2.15. The van der Waals surface area contributed by atoms with Crippen LogP contribution in [0.4, 0.5) is 10.1 Å². The van der Waals surface area contributed by atoms with Crippen molar-refractivity contribution >= 4 is 17.5 Å². The Balaban J connectivity index is 1.79. The van der Waals surface area contributed by atoms with Gasteiger partial charge in [-0.15, -0.1) is 0 Å². The van der Waals surface area contributed by atoms with Crippen molar-refractivity contribution in [2.75, 3.05) is 5.32 Å². The number of anilines is 1. The summed E-state index contributed by atoms with van der Waals surface area (Å²) in [6.45, 7) is 0. The van der Waals surface area contributed by atoms with Gasteiger partial charge in [0.25, 0.3) is 5.91 Å². The van der Waals surface area contributed by atoms with Crippen molar-refractivity contribution < 1.29 is 14.0 Å². The van der Waals surface area contributed by atoms with Crippen molar-refractivity contribution in [3.63, 3.8) is 0 Å². The molecule has 2 amide bonds. The Morgan fingerprint density at radius 2 is 1.88 bits per heavy atom. The molecule has 3 rings (SSSR count). The van der Waals surface area contributed by atoms with Crippen molar-refractivity contribution in [3.05, 3.63) is 77.9 Å². The second kappa shape index (κ2) is 6.33. The number of hydrogen-bond acceptors (Lipinski definition) is 3. The Labute approximate surface area is 136 Å². The molecule has 0 unspecified atom stereocenters. The van der Waals surface area contributed by atoms with Crippen LogP contribution in [0.1, 0.15) is 20.8 Å². The maximum absolute atomic E-state index is 13.3.